The van der Waals surface area contributed by atoms with Crippen molar-refractivity contribution in [3.63, 3.8) is 0 Å². The predicted octanol–water partition coefficient (Wildman–Crippen LogP) is 0.853. The third kappa shape index (κ3) is 7.94. The highest BCUT2D eigenvalue weighted by Crippen LogP contribution is 2.10. The molecule has 0 atom stereocenters. The molecule has 9 heteroatoms. The molecule has 2 rings (SSSR count). The van der Waals surface area contributed by atoms with Crippen LogP contribution in [0.1, 0.15) is 12.5 Å². The number of carbonyl (C=O) groups excluding carboxylic acids is 1. The van der Waals surface area contributed by atoms with Crippen molar-refractivity contribution < 1.29 is 18.3 Å². The molecule has 0 saturated carbocycles. The summed E-state index contributed by atoms with van der Waals surface area (Å²) < 4.78 is 31.7. The first-order chi connectivity index (χ1) is 14.0. The molecule has 0 aromatic heterocycles. The second-order valence-electron chi connectivity index (χ2n) is 6.83. The first-order valence-corrected chi connectivity index (χ1v) is 9.98. The van der Waals surface area contributed by atoms with Gasteiger partial charge in [-0.25, -0.2) is 8.78 Å². The summed E-state index contributed by atoms with van der Waals surface area (Å²) in [6.07, 6.45) is 0.405. The summed E-state index contributed by atoms with van der Waals surface area (Å²) in [5, 5.41) is 6.09. The number of carbonyl (C=O) groups is 1. The zero-order chi connectivity index (χ0) is 21.1. The van der Waals surface area contributed by atoms with Gasteiger partial charge < -0.3 is 20.3 Å². The topological polar surface area (TPSA) is 69.2 Å². The maximum atomic E-state index is 13.8. The average Bonchev–Trinajstić information content (AvgIpc) is 2.70. The quantitative estimate of drug-likeness (QED) is 0.358. The highest BCUT2D eigenvalue weighted by atomic mass is 19.1. The Labute approximate surface area is 171 Å². The molecule has 162 valence electrons. The Morgan fingerprint density at radius 2 is 1.97 bits per heavy atom. The van der Waals surface area contributed by atoms with E-state index in [1.54, 1.807) is 7.11 Å². The van der Waals surface area contributed by atoms with Crippen LogP contribution in [0.15, 0.2) is 23.2 Å². The van der Waals surface area contributed by atoms with E-state index in [9.17, 15) is 13.6 Å². The Morgan fingerprint density at radius 1 is 1.21 bits per heavy atom. The summed E-state index contributed by atoms with van der Waals surface area (Å²) in [4.78, 5) is 20.8. The monoisotopic (exact) mass is 411 g/mol. The summed E-state index contributed by atoms with van der Waals surface area (Å²) in [5.74, 6) is -0.340. The number of hydrogen-bond donors (Lipinski definition) is 2. The standard InChI is InChI=1S/C20H31F2N5O2/c1-3-23-20(25-7-6-16-4-5-17(21)14-18(16)22)27-11-9-26(10-12-27)15-19(28)24-8-13-29-2/h4-5,14H,3,6-13,15H2,1-2H3,(H,23,25)(H,24,28). The van der Waals surface area contributed by atoms with E-state index in [2.05, 4.69) is 25.4 Å². The van der Waals surface area contributed by atoms with Gasteiger partial charge in [0.25, 0.3) is 0 Å². The van der Waals surface area contributed by atoms with Crippen LogP contribution in [0.4, 0.5) is 8.78 Å². The van der Waals surface area contributed by atoms with Crippen molar-refractivity contribution in [2.75, 3.05) is 66.1 Å². The van der Waals surface area contributed by atoms with Gasteiger partial charge in [0.2, 0.25) is 5.91 Å². The molecule has 1 aromatic rings. The molecular weight excluding hydrogens is 380 g/mol. The molecule has 1 fully saturated rings. The lowest BCUT2D eigenvalue weighted by Gasteiger charge is -2.36. The van der Waals surface area contributed by atoms with E-state index in [1.165, 1.54) is 12.1 Å². The molecule has 1 amide bonds. The van der Waals surface area contributed by atoms with Gasteiger partial charge in [0, 0.05) is 59.0 Å². The molecule has 1 aromatic carbocycles. The smallest absolute Gasteiger partial charge is 0.234 e. The van der Waals surface area contributed by atoms with Crippen molar-refractivity contribution in [3.8, 4) is 0 Å². The van der Waals surface area contributed by atoms with E-state index in [0.29, 0.717) is 38.2 Å². The van der Waals surface area contributed by atoms with Crippen LogP contribution < -0.4 is 10.6 Å². The number of benzene rings is 1. The van der Waals surface area contributed by atoms with Crippen LogP contribution >= 0.6 is 0 Å². The first-order valence-electron chi connectivity index (χ1n) is 9.98. The fourth-order valence-electron chi connectivity index (χ4n) is 3.10. The van der Waals surface area contributed by atoms with Crippen LogP contribution in [0.5, 0.6) is 0 Å². The Balaban J connectivity index is 1.81. The minimum absolute atomic E-state index is 0.00241. The van der Waals surface area contributed by atoms with Gasteiger partial charge in [-0.3, -0.25) is 14.7 Å². The summed E-state index contributed by atoms with van der Waals surface area (Å²) in [6.45, 7) is 7.54. The van der Waals surface area contributed by atoms with Crippen LogP contribution in [0.25, 0.3) is 0 Å². The van der Waals surface area contributed by atoms with E-state index in [0.717, 1.165) is 44.7 Å². The number of guanidine groups is 1. The van der Waals surface area contributed by atoms with Crippen LogP contribution in [-0.2, 0) is 16.0 Å². The van der Waals surface area contributed by atoms with Crippen molar-refractivity contribution >= 4 is 11.9 Å². The zero-order valence-electron chi connectivity index (χ0n) is 17.2. The summed E-state index contributed by atoms with van der Waals surface area (Å²) in [5.41, 5.74) is 0.454. The normalized spacial score (nSPS) is 15.4. The Kier molecular flexibility index (Phi) is 9.79. The lowest BCUT2D eigenvalue weighted by Crippen LogP contribution is -2.54. The second kappa shape index (κ2) is 12.3. The number of methoxy groups -OCH3 is 1. The lowest BCUT2D eigenvalue weighted by molar-refractivity contribution is -0.122. The van der Waals surface area contributed by atoms with Crippen LogP contribution in [0.2, 0.25) is 0 Å². The van der Waals surface area contributed by atoms with Gasteiger partial charge in [-0.15, -0.1) is 0 Å². The summed E-state index contributed by atoms with van der Waals surface area (Å²) in [7, 11) is 1.60. The number of ether oxygens (including phenoxy) is 1. The third-order valence-corrected chi connectivity index (χ3v) is 4.66. The fraction of sp³-hybridized carbons (Fsp3) is 0.600. The highest BCUT2D eigenvalue weighted by Gasteiger charge is 2.21. The molecule has 0 radical (unpaired) electrons. The molecule has 1 aliphatic heterocycles. The number of rotatable bonds is 9. The molecule has 0 spiro atoms. The van der Waals surface area contributed by atoms with Crippen molar-refractivity contribution in [1.29, 1.82) is 0 Å². The molecule has 7 nitrogen and oxygen atoms in total. The third-order valence-electron chi connectivity index (χ3n) is 4.66. The van der Waals surface area contributed by atoms with Crippen molar-refractivity contribution in [2.24, 2.45) is 4.99 Å². The molecule has 0 aliphatic carbocycles. The number of nitrogens with zero attached hydrogens (tertiary/aromatic N) is 3. The average molecular weight is 411 g/mol. The summed E-state index contributed by atoms with van der Waals surface area (Å²) >= 11 is 0. The molecule has 2 N–H and O–H groups in total. The molecule has 1 heterocycles. The Morgan fingerprint density at radius 3 is 2.62 bits per heavy atom. The number of hydrogen-bond acceptors (Lipinski definition) is 4. The van der Waals surface area contributed by atoms with Gasteiger partial charge in [0.15, 0.2) is 5.96 Å². The molecule has 1 saturated heterocycles. The number of aliphatic imine (C=N–C) groups is 1. The molecule has 0 unspecified atom stereocenters. The van der Waals surface area contributed by atoms with Gasteiger partial charge in [0.05, 0.1) is 13.2 Å². The first kappa shape index (κ1) is 23.0. The largest absolute Gasteiger partial charge is 0.383 e. The minimum atomic E-state index is -0.576. The molecule has 0 bridgehead atoms. The van der Waals surface area contributed by atoms with Crippen LogP contribution in [0.3, 0.4) is 0 Å². The van der Waals surface area contributed by atoms with E-state index in [-0.39, 0.29) is 5.91 Å². The van der Waals surface area contributed by atoms with Crippen molar-refractivity contribution in [2.45, 2.75) is 13.3 Å². The summed E-state index contributed by atoms with van der Waals surface area (Å²) in [6, 6.07) is 3.62. The SMILES string of the molecule is CCNC(=NCCc1ccc(F)cc1F)N1CCN(CC(=O)NCCOC)CC1. The molecule has 29 heavy (non-hydrogen) atoms. The van der Waals surface area contributed by atoms with Crippen molar-refractivity contribution in [1.82, 2.24) is 20.4 Å². The van der Waals surface area contributed by atoms with Gasteiger partial charge in [-0.2, -0.15) is 0 Å². The van der Waals surface area contributed by atoms with Gasteiger partial charge >= 0.3 is 0 Å². The fourth-order valence-corrected chi connectivity index (χ4v) is 3.10. The van der Waals surface area contributed by atoms with Crippen molar-refractivity contribution in [3.05, 3.63) is 35.4 Å². The highest BCUT2D eigenvalue weighted by molar-refractivity contribution is 5.80. The number of piperazine rings is 1. The zero-order valence-corrected chi connectivity index (χ0v) is 17.2. The van der Waals surface area contributed by atoms with Crippen LogP contribution in [0, 0.1) is 11.6 Å². The van der Waals surface area contributed by atoms with E-state index >= 15 is 0 Å². The maximum Gasteiger partial charge on any atom is 0.234 e. The minimum Gasteiger partial charge on any atom is -0.383 e. The molecular formula is C20H31F2N5O2. The Bertz CT molecular complexity index is 679. The van der Waals surface area contributed by atoms with E-state index < -0.39 is 11.6 Å². The number of amides is 1. The van der Waals surface area contributed by atoms with Crippen LogP contribution in [-0.4, -0.2) is 87.7 Å². The molecule has 1 aliphatic rings. The second-order valence-corrected chi connectivity index (χ2v) is 6.83. The van der Waals surface area contributed by atoms with Gasteiger partial charge in [-0.1, -0.05) is 6.07 Å². The Hall–Kier alpha value is -2.26. The van der Waals surface area contributed by atoms with E-state index in [1.807, 2.05) is 6.92 Å². The van der Waals surface area contributed by atoms with Gasteiger partial charge in [0.1, 0.15) is 11.6 Å². The maximum absolute atomic E-state index is 13.8. The van der Waals surface area contributed by atoms with Gasteiger partial charge in [-0.05, 0) is 25.0 Å². The number of halogens is 2. The number of nitrogens with one attached hydrogen (secondary N) is 2. The lowest BCUT2D eigenvalue weighted by atomic mass is 10.1. The predicted molar refractivity (Wildman–Crippen MR) is 109 cm³/mol. The van der Waals surface area contributed by atoms with E-state index in [4.69, 9.17) is 4.74 Å².